The standard InChI is InChI=1S/C24H20Cl2N4O3/c1-3-33-24-28-22(15-10-11-20(25)21(26)13-15)30(29-24)18-8-5-7-17(14-18)27-23(31)16-6-4-9-19(12-16)32-2/h4-14H,3H2,1-2H3,(H,27,31). The van der Waals surface area contributed by atoms with E-state index in [-0.39, 0.29) is 11.9 Å². The number of amides is 1. The average molecular weight is 483 g/mol. The number of rotatable bonds is 7. The van der Waals surface area contributed by atoms with E-state index in [2.05, 4.69) is 15.4 Å². The summed E-state index contributed by atoms with van der Waals surface area (Å²) in [5.74, 6) is 0.867. The molecule has 7 nitrogen and oxygen atoms in total. The van der Waals surface area contributed by atoms with Gasteiger partial charge in [0.2, 0.25) is 0 Å². The minimum Gasteiger partial charge on any atom is -0.497 e. The van der Waals surface area contributed by atoms with Gasteiger partial charge in [-0.2, -0.15) is 4.98 Å². The fraction of sp³-hybridized carbons (Fsp3) is 0.125. The Morgan fingerprint density at radius 2 is 1.85 bits per heavy atom. The van der Waals surface area contributed by atoms with Gasteiger partial charge < -0.3 is 14.8 Å². The van der Waals surface area contributed by atoms with E-state index in [0.717, 1.165) is 0 Å². The number of carbonyl (C=O) groups excluding carboxylic acids is 1. The molecule has 3 aromatic carbocycles. The molecule has 4 aromatic rings. The molecule has 0 spiro atoms. The number of ether oxygens (including phenoxy) is 2. The van der Waals surface area contributed by atoms with Crippen LogP contribution in [0.15, 0.2) is 66.7 Å². The first-order chi connectivity index (χ1) is 16.0. The van der Waals surface area contributed by atoms with Gasteiger partial charge in [-0.1, -0.05) is 35.3 Å². The van der Waals surface area contributed by atoms with Gasteiger partial charge in [0.25, 0.3) is 5.91 Å². The summed E-state index contributed by atoms with van der Waals surface area (Å²) in [4.78, 5) is 17.2. The maximum Gasteiger partial charge on any atom is 0.336 e. The number of methoxy groups -OCH3 is 1. The molecule has 0 aliphatic heterocycles. The second-order valence-corrected chi connectivity index (χ2v) is 7.74. The molecular weight excluding hydrogens is 463 g/mol. The van der Waals surface area contributed by atoms with Crippen molar-refractivity contribution in [2.45, 2.75) is 6.92 Å². The van der Waals surface area contributed by atoms with Gasteiger partial charge in [-0.05, 0) is 61.5 Å². The molecule has 0 saturated heterocycles. The number of nitrogens with zero attached hydrogens (tertiary/aromatic N) is 3. The lowest BCUT2D eigenvalue weighted by atomic mass is 10.2. The molecule has 0 fully saturated rings. The van der Waals surface area contributed by atoms with Crippen molar-refractivity contribution in [2.24, 2.45) is 0 Å². The summed E-state index contributed by atoms with van der Waals surface area (Å²) >= 11 is 12.3. The third kappa shape index (κ3) is 5.10. The van der Waals surface area contributed by atoms with E-state index in [1.807, 2.05) is 19.1 Å². The van der Waals surface area contributed by atoms with E-state index < -0.39 is 0 Å². The molecule has 33 heavy (non-hydrogen) atoms. The quantitative estimate of drug-likeness (QED) is 0.354. The van der Waals surface area contributed by atoms with E-state index >= 15 is 0 Å². The Labute approximate surface area is 200 Å². The van der Waals surface area contributed by atoms with Crippen molar-refractivity contribution >= 4 is 34.8 Å². The lowest BCUT2D eigenvalue weighted by molar-refractivity contribution is 0.102. The van der Waals surface area contributed by atoms with Crippen LogP contribution in [-0.4, -0.2) is 34.4 Å². The van der Waals surface area contributed by atoms with E-state index in [4.69, 9.17) is 32.7 Å². The van der Waals surface area contributed by atoms with Crippen LogP contribution < -0.4 is 14.8 Å². The predicted molar refractivity (Wildman–Crippen MR) is 129 cm³/mol. The Balaban J connectivity index is 1.68. The molecule has 4 rings (SSSR count). The van der Waals surface area contributed by atoms with Gasteiger partial charge in [0, 0.05) is 16.8 Å². The molecule has 0 radical (unpaired) electrons. The van der Waals surface area contributed by atoms with E-state index in [1.165, 1.54) is 0 Å². The van der Waals surface area contributed by atoms with Crippen LogP contribution in [-0.2, 0) is 0 Å². The van der Waals surface area contributed by atoms with Crippen molar-refractivity contribution in [2.75, 3.05) is 19.0 Å². The normalized spacial score (nSPS) is 10.7. The van der Waals surface area contributed by atoms with Gasteiger partial charge in [-0.25, -0.2) is 4.68 Å². The summed E-state index contributed by atoms with van der Waals surface area (Å²) in [6.45, 7) is 2.27. The van der Waals surface area contributed by atoms with Crippen LogP contribution in [0.1, 0.15) is 17.3 Å². The molecule has 0 bridgehead atoms. The number of hydrogen-bond donors (Lipinski definition) is 1. The third-order valence-corrected chi connectivity index (χ3v) is 5.46. The number of nitrogens with one attached hydrogen (secondary N) is 1. The summed E-state index contributed by atoms with van der Waals surface area (Å²) in [7, 11) is 1.56. The smallest absolute Gasteiger partial charge is 0.336 e. The summed E-state index contributed by atoms with van der Waals surface area (Å²) in [5, 5.41) is 8.23. The lowest BCUT2D eigenvalue weighted by Crippen LogP contribution is -2.12. The molecular formula is C24H20Cl2N4O3. The first kappa shape index (κ1) is 22.6. The number of aromatic nitrogens is 3. The van der Waals surface area contributed by atoms with E-state index in [1.54, 1.807) is 66.4 Å². The maximum atomic E-state index is 12.7. The third-order valence-electron chi connectivity index (χ3n) is 4.72. The van der Waals surface area contributed by atoms with Crippen LogP contribution >= 0.6 is 23.2 Å². The molecule has 1 N–H and O–H groups in total. The zero-order chi connectivity index (χ0) is 23.4. The Bertz CT molecular complexity index is 1310. The monoisotopic (exact) mass is 482 g/mol. The van der Waals surface area contributed by atoms with Gasteiger partial charge in [-0.3, -0.25) is 4.79 Å². The SMILES string of the molecule is CCOc1nc(-c2ccc(Cl)c(Cl)c2)n(-c2cccc(NC(=O)c3cccc(OC)c3)c2)n1. The molecule has 0 aliphatic rings. The van der Waals surface area contributed by atoms with Crippen molar-refractivity contribution in [1.82, 2.24) is 14.8 Å². The van der Waals surface area contributed by atoms with Crippen molar-refractivity contribution in [3.05, 3.63) is 82.3 Å². The van der Waals surface area contributed by atoms with Crippen molar-refractivity contribution in [1.29, 1.82) is 0 Å². The van der Waals surface area contributed by atoms with Crippen molar-refractivity contribution in [3.63, 3.8) is 0 Å². The van der Waals surface area contributed by atoms with Crippen LogP contribution in [0.25, 0.3) is 17.1 Å². The number of carbonyl (C=O) groups is 1. The predicted octanol–water partition coefficient (Wildman–Crippen LogP) is 5.90. The maximum absolute atomic E-state index is 12.7. The van der Waals surface area contributed by atoms with Crippen LogP contribution in [0.3, 0.4) is 0 Å². The lowest BCUT2D eigenvalue weighted by Gasteiger charge is -2.10. The zero-order valence-electron chi connectivity index (χ0n) is 17.9. The molecule has 1 heterocycles. The topological polar surface area (TPSA) is 78.3 Å². The van der Waals surface area contributed by atoms with Crippen LogP contribution in [0.2, 0.25) is 10.0 Å². The summed E-state index contributed by atoms with van der Waals surface area (Å²) in [6, 6.07) is 19.6. The minimum atomic E-state index is -0.260. The molecule has 0 unspecified atom stereocenters. The highest BCUT2D eigenvalue weighted by Gasteiger charge is 2.16. The molecule has 0 atom stereocenters. The number of anilines is 1. The van der Waals surface area contributed by atoms with Crippen LogP contribution in [0, 0.1) is 0 Å². The zero-order valence-corrected chi connectivity index (χ0v) is 19.4. The van der Waals surface area contributed by atoms with Gasteiger partial charge >= 0.3 is 6.01 Å². The highest BCUT2D eigenvalue weighted by Crippen LogP contribution is 2.30. The summed E-state index contributed by atoms with van der Waals surface area (Å²) < 4.78 is 12.3. The average Bonchev–Trinajstić information content (AvgIpc) is 3.25. The van der Waals surface area contributed by atoms with E-state index in [9.17, 15) is 4.79 Å². The molecule has 1 aromatic heterocycles. The fourth-order valence-electron chi connectivity index (χ4n) is 3.17. The Hall–Kier alpha value is -3.55. The highest BCUT2D eigenvalue weighted by atomic mass is 35.5. The van der Waals surface area contributed by atoms with Crippen LogP contribution in [0.4, 0.5) is 5.69 Å². The second-order valence-electron chi connectivity index (χ2n) is 6.93. The van der Waals surface area contributed by atoms with Crippen LogP contribution in [0.5, 0.6) is 11.8 Å². The Kier molecular flexibility index (Phi) is 6.82. The fourth-order valence-corrected chi connectivity index (χ4v) is 3.47. The van der Waals surface area contributed by atoms with Crippen molar-refractivity contribution in [3.8, 4) is 28.8 Å². The summed E-state index contributed by atoms with van der Waals surface area (Å²) in [6.07, 6.45) is 0. The van der Waals surface area contributed by atoms with Gasteiger partial charge in [0.05, 0.1) is 29.4 Å². The Morgan fingerprint density at radius 1 is 1.03 bits per heavy atom. The first-order valence-corrected chi connectivity index (χ1v) is 10.8. The summed E-state index contributed by atoms with van der Waals surface area (Å²) in [5.41, 5.74) is 2.47. The molecule has 9 heteroatoms. The number of benzene rings is 3. The molecule has 168 valence electrons. The Morgan fingerprint density at radius 3 is 2.61 bits per heavy atom. The second kappa shape index (κ2) is 9.94. The number of halogens is 2. The molecule has 0 saturated carbocycles. The minimum absolute atomic E-state index is 0.226. The first-order valence-electron chi connectivity index (χ1n) is 10.1. The highest BCUT2D eigenvalue weighted by molar-refractivity contribution is 6.42. The van der Waals surface area contributed by atoms with Gasteiger partial charge in [0.1, 0.15) is 5.75 Å². The number of hydrogen-bond acceptors (Lipinski definition) is 5. The van der Waals surface area contributed by atoms with Crippen molar-refractivity contribution < 1.29 is 14.3 Å². The van der Waals surface area contributed by atoms with Gasteiger partial charge in [-0.15, -0.1) is 5.10 Å². The largest absolute Gasteiger partial charge is 0.497 e. The molecule has 0 aliphatic carbocycles. The van der Waals surface area contributed by atoms with E-state index in [0.29, 0.717) is 50.7 Å². The van der Waals surface area contributed by atoms with Gasteiger partial charge in [0.15, 0.2) is 5.82 Å². The molecule has 1 amide bonds.